The minimum Gasteiger partial charge on any atom is -0.481 e. The van der Waals surface area contributed by atoms with Crippen molar-refractivity contribution in [2.45, 2.75) is 39.3 Å². The first kappa shape index (κ1) is 16.2. The number of rotatable bonds is 4. The number of esters is 1. The van der Waals surface area contributed by atoms with Crippen molar-refractivity contribution in [3.63, 3.8) is 0 Å². The quantitative estimate of drug-likeness (QED) is 0.725. The number of carboxylic acids is 1. The first-order valence-corrected chi connectivity index (χ1v) is 5.38. The van der Waals surface area contributed by atoms with E-state index in [4.69, 9.17) is 9.84 Å². The Kier molecular flexibility index (Phi) is 5.61. The lowest BCUT2D eigenvalue weighted by Gasteiger charge is -2.24. The van der Waals surface area contributed by atoms with E-state index in [1.807, 2.05) is 0 Å². The summed E-state index contributed by atoms with van der Waals surface area (Å²) in [6, 6.07) is -1.29. The van der Waals surface area contributed by atoms with Crippen molar-refractivity contribution in [3.8, 4) is 0 Å². The van der Waals surface area contributed by atoms with E-state index in [9.17, 15) is 14.4 Å². The molecule has 0 spiro atoms. The minimum atomic E-state index is -1.29. The number of hydrogen-bond acceptors (Lipinski definition) is 5. The molecule has 2 atom stereocenters. The predicted octanol–water partition coefficient (Wildman–Crippen LogP) is 0.773. The van der Waals surface area contributed by atoms with Gasteiger partial charge in [-0.2, -0.15) is 0 Å². The van der Waals surface area contributed by atoms with E-state index in [2.05, 4.69) is 10.1 Å². The number of aliphatic carboxylic acids is 1. The van der Waals surface area contributed by atoms with Crippen LogP contribution in [0.15, 0.2) is 0 Å². The Balaban J connectivity index is 4.76. The van der Waals surface area contributed by atoms with Gasteiger partial charge in [0.25, 0.3) is 0 Å². The van der Waals surface area contributed by atoms with Crippen LogP contribution in [0.2, 0.25) is 0 Å². The van der Waals surface area contributed by atoms with Crippen LogP contribution in [0.5, 0.6) is 0 Å². The third-order valence-corrected chi connectivity index (χ3v) is 2.02. The zero-order valence-electron chi connectivity index (χ0n) is 11.1. The normalized spacial score (nSPS) is 14.3. The van der Waals surface area contributed by atoms with Gasteiger partial charge in [-0.05, 0) is 27.7 Å². The van der Waals surface area contributed by atoms with Gasteiger partial charge in [-0.1, -0.05) is 0 Å². The zero-order valence-corrected chi connectivity index (χ0v) is 11.1. The average Bonchev–Trinajstić information content (AvgIpc) is 2.21. The Morgan fingerprint density at radius 3 is 2.06 bits per heavy atom. The lowest BCUT2D eigenvalue weighted by molar-refractivity contribution is -0.152. The van der Waals surface area contributed by atoms with Crippen LogP contribution in [-0.2, 0) is 19.1 Å². The number of carbonyl (C=O) groups excluding carboxylic acids is 2. The van der Waals surface area contributed by atoms with Crippen LogP contribution in [0, 0.1) is 5.92 Å². The van der Waals surface area contributed by atoms with Crippen molar-refractivity contribution in [2.24, 2.45) is 5.92 Å². The topological polar surface area (TPSA) is 102 Å². The molecule has 0 aliphatic rings. The molecular weight excluding hydrogens is 242 g/mol. The smallest absolute Gasteiger partial charge is 0.408 e. The molecule has 1 amide bonds. The SMILES string of the molecule is COC(=O)[C@@H](NC(=O)OC(C)(C)C)C(C)C(=O)O. The Labute approximate surface area is 105 Å². The van der Waals surface area contributed by atoms with Gasteiger partial charge in [0.1, 0.15) is 11.6 Å². The molecule has 7 nitrogen and oxygen atoms in total. The number of ether oxygens (including phenoxy) is 2. The molecule has 1 unspecified atom stereocenters. The first-order valence-electron chi connectivity index (χ1n) is 5.38. The van der Waals surface area contributed by atoms with Crippen LogP contribution in [0.1, 0.15) is 27.7 Å². The highest BCUT2D eigenvalue weighted by Crippen LogP contribution is 2.10. The van der Waals surface area contributed by atoms with Crippen LogP contribution < -0.4 is 5.32 Å². The second-order valence-corrected chi connectivity index (χ2v) is 4.77. The molecule has 104 valence electrons. The number of carboxylic acid groups (broad SMARTS) is 1. The number of nitrogens with one attached hydrogen (secondary N) is 1. The van der Waals surface area contributed by atoms with E-state index in [1.54, 1.807) is 20.8 Å². The molecule has 0 rings (SSSR count). The maximum absolute atomic E-state index is 11.5. The average molecular weight is 261 g/mol. The van der Waals surface area contributed by atoms with Crippen molar-refractivity contribution in [2.75, 3.05) is 7.11 Å². The zero-order chi connectivity index (χ0) is 14.5. The summed E-state index contributed by atoms with van der Waals surface area (Å²) in [6.07, 6.45) is -0.869. The summed E-state index contributed by atoms with van der Waals surface area (Å²) >= 11 is 0. The van der Waals surface area contributed by atoms with E-state index < -0.39 is 35.6 Å². The summed E-state index contributed by atoms with van der Waals surface area (Å²) in [5.41, 5.74) is -0.739. The van der Waals surface area contributed by atoms with Gasteiger partial charge in [0.15, 0.2) is 0 Å². The fourth-order valence-corrected chi connectivity index (χ4v) is 1.09. The second kappa shape index (κ2) is 6.23. The van der Waals surface area contributed by atoms with Gasteiger partial charge in [-0.3, -0.25) is 4.79 Å². The van der Waals surface area contributed by atoms with E-state index in [1.165, 1.54) is 6.92 Å². The Morgan fingerprint density at radius 2 is 1.72 bits per heavy atom. The predicted molar refractivity (Wildman–Crippen MR) is 62.0 cm³/mol. The first-order chi connectivity index (χ1) is 8.08. The molecule has 0 aromatic rings. The Morgan fingerprint density at radius 1 is 1.22 bits per heavy atom. The molecule has 0 fully saturated rings. The van der Waals surface area contributed by atoms with Crippen LogP contribution in [-0.4, -0.2) is 41.9 Å². The Hall–Kier alpha value is -1.79. The fourth-order valence-electron chi connectivity index (χ4n) is 1.09. The third kappa shape index (κ3) is 5.51. The summed E-state index contributed by atoms with van der Waals surface area (Å²) in [6.45, 7) is 6.25. The lowest BCUT2D eigenvalue weighted by Crippen LogP contribution is -2.49. The number of methoxy groups -OCH3 is 1. The summed E-state index contributed by atoms with van der Waals surface area (Å²) < 4.78 is 9.38. The minimum absolute atomic E-state index is 0.739. The standard InChI is InChI=1S/C11H19NO6/c1-6(8(13)14)7(9(15)17-5)12-10(16)18-11(2,3)4/h6-7H,1-5H3,(H,12,16)(H,13,14)/t6?,7-/m0/s1. The highest BCUT2D eigenvalue weighted by Gasteiger charge is 2.33. The summed E-state index contributed by atoms with van der Waals surface area (Å²) in [5.74, 6) is -3.18. The molecule has 0 radical (unpaired) electrons. The van der Waals surface area contributed by atoms with Crippen molar-refractivity contribution in [1.82, 2.24) is 5.32 Å². The van der Waals surface area contributed by atoms with Crippen molar-refractivity contribution >= 4 is 18.0 Å². The largest absolute Gasteiger partial charge is 0.481 e. The molecule has 0 aromatic carbocycles. The van der Waals surface area contributed by atoms with Crippen LogP contribution in [0.3, 0.4) is 0 Å². The van der Waals surface area contributed by atoms with Gasteiger partial charge in [-0.25, -0.2) is 9.59 Å². The molecule has 0 aromatic heterocycles. The van der Waals surface area contributed by atoms with Gasteiger partial charge in [0.05, 0.1) is 13.0 Å². The van der Waals surface area contributed by atoms with E-state index >= 15 is 0 Å². The maximum atomic E-state index is 11.5. The molecular formula is C11H19NO6. The van der Waals surface area contributed by atoms with Crippen LogP contribution >= 0.6 is 0 Å². The molecule has 0 saturated heterocycles. The number of hydrogen-bond donors (Lipinski definition) is 2. The van der Waals surface area contributed by atoms with Gasteiger partial charge in [-0.15, -0.1) is 0 Å². The van der Waals surface area contributed by atoms with Crippen molar-refractivity contribution < 1.29 is 29.0 Å². The highest BCUT2D eigenvalue weighted by atomic mass is 16.6. The number of carbonyl (C=O) groups is 3. The van der Waals surface area contributed by atoms with E-state index in [-0.39, 0.29) is 0 Å². The molecule has 7 heteroatoms. The van der Waals surface area contributed by atoms with E-state index in [0.717, 1.165) is 7.11 Å². The molecule has 0 saturated carbocycles. The van der Waals surface area contributed by atoms with Gasteiger partial charge >= 0.3 is 18.0 Å². The Bertz CT molecular complexity index is 333. The van der Waals surface area contributed by atoms with Crippen LogP contribution in [0.4, 0.5) is 4.79 Å². The number of alkyl carbamates (subject to hydrolysis) is 1. The molecule has 0 aliphatic carbocycles. The molecule has 2 N–H and O–H groups in total. The molecule has 18 heavy (non-hydrogen) atoms. The second-order valence-electron chi connectivity index (χ2n) is 4.77. The summed E-state index contributed by atoms with van der Waals surface area (Å²) in [7, 11) is 1.11. The van der Waals surface area contributed by atoms with Crippen molar-refractivity contribution in [3.05, 3.63) is 0 Å². The van der Waals surface area contributed by atoms with Gasteiger partial charge in [0, 0.05) is 0 Å². The van der Waals surface area contributed by atoms with E-state index in [0.29, 0.717) is 0 Å². The fraction of sp³-hybridized carbons (Fsp3) is 0.727. The number of amides is 1. The van der Waals surface area contributed by atoms with Gasteiger partial charge in [0.2, 0.25) is 0 Å². The molecule has 0 bridgehead atoms. The van der Waals surface area contributed by atoms with Crippen LogP contribution in [0.25, 0.3) is 0 Å². The summed E-state index contributed by atoms with van der Waals surface area (Å²) in [4.78, 5) is 33.7. The molecule has 0 aliphatic heterocycles. The van der Waals surface area contributed by atoms with Crippen molar-refractivity contribution in [1.29, 1.82) is 0 Å². The lowest BCUT2D eigenvalue weighted by atomic mass is 10.0. The van der Waals surface area contributed by atoms with Gasteiger partial charge < -0.3 is 19.9 Å². The highest BCUT2D eigenvalue weighted by molar-refractivity contribution is 5.87. The maximum Gasteiger partial charge on any atom is 0.408 e. The summed E-state index contributed by atoms with van der Waals surface area (Å²) in [5, 5.41) is 11.0. The third-order valence-electron chi connectivity index (χ3n) is 2.02. The molecule has 0 heterocycles. The monoisotopic (exact) mass is 261 g/mol.